The minimum Gasteiger partial charge on any atom is -0.444 e. The molecule has 2 aliphatic heterocycles. The van der Waals surface area contributed by atoms with Gasteiger partial charge in [0.1, 0.15) is 39.4 Å². The molecule has 0 saturated carbocycles. The van der Waals surface area contributed by atoms with Crippen LogP contribution < -0.4 is 15.1 Å². The fourth-order valence-electron chi connectivity index (χ4n) is 6.88. The highest BCUT2D eigenvalue weighted by Crippen LogP contribution is 2.49. The van der Waals surface area contributed by atoms with Crippen LogP contribution in [0.25, 0.3) is 32.1 Å². The standard InChI is InChI=1S/C37H38F5N7O5S/c1-17(50)47(8)32-44-28-21(30(45-32)48-15-18-9-10-19(16-48)49(18)34(52)54-36(5,6)7)13-23(37(40,41)42)26(27(28)39)20-11-12-24(38)29-25(20)22(14-43)31(55-29)46-33(51)53-35(2,3)4/h11-13,18-19H,9-10,15-16H2,1-8H3,(H,46,51). The fraction of sp³-hybridized carbons (Fsp3) is 0.459. The predicted octanol–water partition coefficient (Wildman–Crippen LogP) is 8.60. The summed E-state index contributed by atoms with van der Waals surface area (Å²) in [7, 11) is 1.33. The molecule has 4 aromatic rings. The summed E-state index contributed by atoms with van der Waals surface area (Å²) in [6.45, 7) is 11.4. The lowest BCUT2D eigenvalue weighted by Gasteiger charge is -2.42. The van der Waals surface area contributed by atoms with Gasteiger partial charge in [0.2, 0.25) is 11.9 Å². The van der Waals surface area contributed by atoms with E-state index in [9.17, 15) is 19.6 Å². The van der Waals surface area contributed by atoms with Gasteiger partial charge in [-0.3, -0.25) is 19.9 Å². The highest BCUT2D eigenvalue weighted by molar-refractivity contribution is 7.23. The molecule has 292 valence electrons. The number of nitrogens with zero attached hydrogens (tertiary/aromatic N) is 6. The molecular weight excluding hydrogens is 750 g/mol. The number of fused-ring (bicyclic) bond motifs is 4. The molecule has 0 radical (unpaired) electrons. The van der Waals surface area contributed by atoms with Crippen molar-refractivity contribution in [3.05, 3.63) is 41.0 Å². The number of alkyl halides is 3. The number of benzene rings is 2. The van der Waals surface area contributed by atoms with Crippen LogP contribution in [0, 0.1) is 23.0 Å². The normalized spacial score (nSPS) is 17.4. The molecule has 0 spiro atoms. The maximum Gasteiger partial charge on any atom is 0.417 e. The summed E-state index contributed by atoms with van der Waals surface area (Å²) < 4.78 is 88.7. The highest BCUT2D eigenvalue weighted by atomic mass is 32.1. The Hall–Kier alpha value is -5.31. The largest absolute Gasteiger partial charge is 0.444 e. The topological polar surface area (TPSA) is 141 Å². The van der Waals surface area contributed by atoms with E-state index in [4.69, 9.17) is 9.47 Å². The summed E-state index contributed by atoms with van der Waals surface area (Å²) in [5, 5.41) is 11.7. The molecule has 3 amide bonds. The molecule has 2 fully saturated rings. The van der Waals surface area contributed by atoms with Crippen molar-refractivity contribution in [2.24, 2.45) is 0 Å². The number of anilines is 3. The Labute approximate surface area is 316 Å². The van der Waals surface area contributed by atoms with Crippen molar-refractivity contribution in [2.75, 3.05) is 35.3 Å². The number of hydrogen-bond donors (Lipinski definition) is 1. The number of nitrogens with one attached hydrogen (secondary N) is 1. The van der Waals surface area contributed by atoms with Gasteiger partial charge in [0.25, 0.3) is 0 Å². The third kappa shape index (κ3) is 7.53. The van der Waals surface area contributed by atoms with Gasteiger partial charge in [0.05, 0.1) is 27.9 Å². The second-order valence-corrected chi connectivity index (χ2v) is 16.5. The van der Waals surface area contributed by atoms with Crippen LogP contribution in [0.2, 0.25) is 0 Å². The van der Waals surface area contributed by atoms with Crippen molar-refractivity contribution in [1.82, 2.24) is 14.9 Å². The molecule has 12 nitrogen and oxygen atoms in total. The summed E-state index contributed by atoms with van der Waals surface area (Å²) in [4.78, 5) is 51.3. The number of rotatable bonds is 4. The molecule has 2 aliphatic rings. The summed E-state index contributed by atoms with van der Waals surface area (Å²) in [5.41, 5.74) is -5.69. The average Bonchev–Trinajstić information content (AvgIpc) is 3.56. The quantitative estimate of drug-likeness (QED) is 0.201. The first-order valence-corrected chi connectivity index (χ1v) is 18.1. The molecule has 2 unspecified atom stereocenters. The number of amides is 3. The van der Waals surface area contributed by atoms with Crippen LogP contribution >= 0.6 is 11.3 Å². The van der Waals surface area contributed by atoms with E-state index in [1.165, 1.54) is 14.0 Å². The minimum atomic E-state index is -5.20. The van der Waals surface area contributed by atoms with Crippen LogP contribution in [0.4, 0.5) is 48.3 Å². The van der Waals surface area contributed by atoms with E-state index in [0.29, 0.717) is 30.2 Å². The lowest BCUT2D eigenvalue weighted by atomic mass is 9.92. The number of aromatic nitrogens is 2. The zero-order valence-corrected chi connectivity index (χ0v) is 32.1. The van der Waals surface area contributed by atoms with E-state index in [1.807, 2.05) is 6.07 Å². The van der Waals surface area contributed by atoms with Crippen molar-refractivity contribution in [3.63, 3.8) is 0 Å². The number of halogens is 5. The number of carbonyl (C=O) groups excluding carboxylic acids is 3. The van der Waals surface area contributed by atoms with Crippen LogP contribution in [0.1, 0.15) is 72.4 Å². The molecule has 2 atom stereocenters. The lowest BCUT2D eigenvalue weighted by Crippen LogP contribution is -2.57. The molecular formula is C37H38F5N7O5S. The van der Waals surface area contributed by atoms with Gasteiger partial charge < -0.3 is 14.4 Å². The Kier molecular flexibility index (Phi) is 9.86. The van der Waals surface area contributed by atoms with Crippen molar-refractivity contribution >= 4 is 67.2 Å². The number of nitriles is 1. The number of thiophene rings is 1. The smallest absolute Gasteiger partial charge is 0.417 e. The fourth-order valence-corrected chi connectivity index (χ4v) is 7.95. The van der Waals surface area contributed by atoms with Crippen LogP contribution in [-0.4, -0.2) is 76.4 Å². The van der Waals surface area contributed by atoms with Crippen molar-refractivity contribution in [2.45, 2.75) is 90.8 Å². The predicted molar refractivity (Wildman–Crippen MR) is 196 cm³/mol. The van der Waals surface area contributed by atoms with E-state index in [2.05, 4.69) is 15.3 Å². The SMILES string of the molecule is CC(=O)N(C)c1nc(N2CC3CCC(C2)N3C(=O)OC(C)(C)C)c2cc(C(F)(F)F)c(-c3ccc(F)c4sc(NC(=O)OC(C)(C)C)c(C#N)c34)c(F)c2n1. The van der Waals surface area contributed by atoms with Gasteiger partial charge in [-0.1, -0.05) is 6.07 Å². The third-order valence-electron chi connectivity index (χ3n) is 9.15. The first-order valence-electron chi connectivity index (χ1n) is 17.3. The van der Waals surface area contributed by atoms with Gasteiger partial charge in [-0.15, -0.1) is 11.3 Å². The Morgan fingerprint density at radius 1 is 1.00 bits per heavy atom. The van der Waals surface area contributed by atoms with Gasteiger partial charge in [-0.2, -0.15) is 23.4 Å². The zero-order valence-electron chi connectivity index (χ0n) is 31.2. The van der Waals surface area contributed by atoms with Gasteiger partial charge in [-0.25, -0.2) is 23.4 Å². The van der Waals surface area contributed by atoms with Gasteiger partial charge in [0.15, 0.2) is 5.82 Å². The molecule has 2 aromatic heterocycles. The van der Waals surface area contributed by atoms with E-state index in [0.717, 1.165) is 17.0 Å². The monoisotopic (exact) mass is 787 g/mol. The number of hydrogen-bond acceptors (Lipinski definition) is 10. The molecule has 0 aliphatic carbocycles. The van der Waals surface area contributed by atoms with Crippen molar-refractivity contribution in [3.8, 4) is 17.2 Å². The molecule has 1 N–H and O–H groups in total. The summed E-state index contributed by atoms with van der Waals surface area (Å²) in [5.74, 6) is -3.34. The summed E-state index contributed by atoms with van der Waals surface area (Å²) in [6, 6.07) is 3.49. The molecule has 2 saturated heterocycles. The van der Waals surface area contributed by atoms with Crippen LogP contribution in [-0.2, 0) is 20.4 Å². The van der Waals surface area contributed by atoms with Crippen LogP contribution in [0.5, 0.6) is 0 Å². The number of ether oxygens (including phenoxy) is 2. The van der Waals surface area contributed by atoms with Crippen molar-refractivity contribution in [1.29, 1.82) is 5.26 Å². The molecule has 6 rings (SSSR count). The van der Waals surface area contributed by atoms with Crippen LogP contribution in [0.15, 0.2) is 18.2 Å². The third-order valence-corrected chi connectivity index (χ3v) is 10.3. The van der Waals surface area contributed by atoms with E-state index >= 15 is 22.0 Å². The van der Waals surface area contributed by atoms with Gasteiger partial charge in [0, 0.05) is 43.4 Å². The molecule has 55 heavy (non-hydrogen) atoms. The average molecular weight is 788 g/mol. The van der Waals surface area contributed by atoms with E-state index in [1.54, 1.807) is 51.3 Å². The Morgan fingerprint density at radius 2 is 1.62 bits per heavy atom. The lowest BCUT2D eigenvalue weighted by molar-refractivity contribution is -0.137. The van der Waals surface area contributed by atoms with Gasteiger partial charge >= 0.3 is 18.4 Å². The summed E-state index contributed by atoms with van der Waals surface area (Å²) >= 11 is 0.577. The van der Waals surface area contributed by atoms with Crippen LogP contribution in [0.3, 0.4) is 0 Å². The highest BCUT2D eigenvalue weighted by Gasteiger charge is 2.46. The number of piperazine rings is 1. The van der Waals surface area contributed by atoms with E-state index in [-0.39, 0.29) is 45.3 Å². The zero-order chi connectivity index (χ0) is 40.5. The molecule has 2 aromatic carbocycles. The first-order chi connectivity index (χ1) is 25.5. The maximum atomic E-state index is 17.3. The summed E-state index contributed by atoms with van der Waals surface area (Å²) in [6.07, 6.45) is -5.59. The minimum absolute atomic E-state index is 0.0915. The molecule has 2 bridgehead atoms. The second-order valence-electron chi connectivity index (χ2n) is 15.5. The maximum absolute atomic E-state index is 17.3. The van der Waals surface area contributed by atoms with Gasteiger partial charge in [-0.05, 0) is 72.1 Å². The molecule has 4 heterocycles. The van der Waals surface area contributed by atoms with Crippen molar-refractivity contribution < 1.29 is 45.8 Å². The first kappa shape index (κ1) is 39.4. The Balaban J connectivity index is 1.57. The Bertz CT molecular complexity index is 2280. The molecule has 18 heteroatoms. The van der Waals surface area contributed by atoms with E-state index < -0.39 is 87.0 Å². The second kappa shape index (κ2) is 13.8. The number of carbonyl (C=O) groups is 3. The Morgan fingerprint density at radius 3 is 2.16 bits per heavy atom.